The summed E-state index contributed by atoms with van der Waals surface area (Å²) in [5.74, 6) is 0.645. The van der Waals surface area contributed by atoms with Gasteiger partial charge in [-0.25, -0.2) is 0 Å². The molecule has 0 atom stereocenters. The highest BCUT2D eigenvalue weighted by molar-refractivity contribution is 9.10. The van der Waals surface area contributed by atoms with Gasteiger partial charge in [0.1, 0.15) is 5.75 Å². The lowest BCUT2D eigenvalue weighted by molar-refractivity contribution is 0.0951. The second-order valence-corrected chi connectivity index (χ2v) is 5.60. The Morgan fingerprint density at radius 2 is 1.90 bits per heavy atom. The van der Waals surface area contributed by atoms with Crippen molar-refractivity contribution in [3.05, 3.63) is 63.6 Å². The molecule has 0 spiro atoms. The molecule has 0 fully saturated rings. The van der Waals surface area contributed by atoms with E-state index in [4.69, 9.17) is 4.74 Å². The number of nitrogens with one attached hydrogen (secondary N) is 1. The molecular weight excluding hydrogens is 330 g/mol. The molecule has 0 radical (unpaired) electrons. The van der Waals surface area contributed by atoms with Crippen LogP contribution in [0, 0.1) is 6.92 Å². The van der Waals surface area contributed by atoms with Crippen molar-refractivity contribution in [2.24, 2.45) is 0 Å². The summed E-state index contributed by atoms with van der Waals surface area (Å²) in [5, 5.41) is 2.91. The van der Waals surface area contributed by atoms with Crippen LogP contribution in [0.3, 0.4) is 0 Å². The van der Waals surface area contributed by atoms with Crippen LogP contribution in [0.25, 0.3) is 0 Å². The average Bonchev–Trinajstić information content (AvgIpc) is 2.48. The molecular formula is C17H18BrNO2. The first-order chi connectivity index (χ1) is 10.1. The molecule has 2 rings (SSSR count). The van der Waals surface area contributed by atoms with Crippen molar-refractivity contribution in [3.8, 4) is 5.75 Å². The van der Waals surface area contributed by atoms with E-state index >= 15 is 0 Å². The molecule has 0 aromatic heterocycles. The lowest BCUT2D eigenvalue weighted by Crippen LogP contribution is -2.22. The Balaban J connectivity index is 2.00. The van der Waals surface area contributed by atoms with Gasteiger partial charge < -0.3 is 10.1 Å². The van der Waals surface area contributed by atoms with Crippen molar-refractivity contribution in [3.63, 3.8) is 0 Å². The number of hydrogen-bond donors (Lipinski definition) is 1. The Hall–Kier alpha value is -1.81. The van der Waals surface area contributed by atoms with Crippen molar-refractivity contribution in [2.45, 2.75) is 20.4 Å². The number of benzene rings is 2. The van der Waals surface area contributed by atoms with Gasteiger partial charge in [-0.1, -0.05) is 29.8 Å². The minimum absolute atomic E-state index is 0.0978. The van der Waals surface area contributed by atoms with E-state index in [9.17, 15) is 4.79 Å². The number of carbonyl (C=O) groups is 1. The molecule has 110 valence electrons. The van der Waals surface area contributed by atoms with E-state index in [-0.39, 0.29) is 5.91 Å². The van der Waals surface area contributed by atoms with Crippen LogP contribution in [0.1, 0.15) is 28.4 Å². The van der Waals surface area contributed by atoms with E-state index in [0.717, 1.165) is 15.8 Å². The lowest BCUT2D eigenvalue weighted by atomic mass is 10.1. The number of carbonyl (C=O) groups excluding carboxylic acids is 1. The van der Waals surface area contributed by atoms with E-state index in [1.165, 1.54) is 5.56 Å². The fourth-order valence-electron chi connectivity index (χ4n) is 1.90. The SMILES string of the molecule is CCOc1ccc(C(=O)NCc2ccc(C)cc2)cc1Br. The zero-order chi connectivity index (χ0) is 15.2. The molecule has 0 bridgehead atoms. The second kappa shape index (κ2) is 7.27. The van der Waals surface area contributed by atoms with Gasteiger partial charge in [0.05, 0.1) is 11.1 Å². The first-order valence-corrected chi connectivity index (χ1v) is 7.65. The van der Waals surface area contributed by atoms with Gasteiger partial charge in [-0.05, 0) is 53.5 Å². The van der Waals surface area contributed by atoms with E-state index in [0.29, 0.717) is 18.7 Å². The maximum absolute atomic E-state index is 12.1. The lowest BCUT2D eigenvalue weighted by Gasteiger charge is -2.09. The van der Waals surface area contributed by atoms with Crippen LogP contribution >= 0.6 is 15.9 Å². The zero-order valence-electron chi connectivity index (χ0n) is 12.2. The van der Waals surface area contributed by atoms with Crippen molar-refractivity contribution in [2.75, 3.05) is 6.61 Å². The first kappa shape index (κ1) is 15.6. The van der Waals surface area contributed by atoms with Gasteiger partial charge in [0.2, 0.25) is 0 Å². The highest BCUT2D eigenvalue weighted by Gasteiger charge is 2.08. The minimum atomic E-state index is -0.0978. The maximum atomic E-state index is 12.1. The standard InChI is InChI=1S/C17H18BrNO2/c1-3-21-16-9-8-14(10-15(16)18)17(20)19-11-13-6-4-12(2)5-7-13/h4-10H,3,11H2,1-2H3,(H,19,20). The molecule has 0 aliphatic heterocycles. The van der Waals surface area contributed by atoms with E-state index in [1.54, 1.807) is 18.2 Å². The van der Waals surface area contributed by atoms with Crippen molar-refractivity contribution in [1.29, 1.82) is 0 Å². The van der Waals surface area contributed by atoms with Gasteiger partial charge in [0, 0.05) is 12.1 Å². The molecule has 4 heteroatoms. The molecule has 2 aromatic carbocycles. The monoisotopic (exact) mass is 347 g/mol. The minimum Gasteiger partial charge on any atom is -0.493 e. The van der Waals surface area contributed by atoms with Gasteiger partial charge in [-0.2, -0.15) is 0 Å². The molecule has 0 saturated heterocycles. The van der Waals surface area contributed by atoms with E-state index in [1.807, 2.05) is 38.1 Å². The summed E-state index contributed by atoms with van der Waals surface area (Å²) in [6, 6.07) is 13.4. The number of ether oxygens (including phenoxy) is 1. The van der Waals surface area contributed by atoms with Gasteiger partial charge in [-0.3, -0.25) is 4.79 Å². The van der Waals surface area contributed by atoms with Gasteiger partial charge >= 0.3 is 0 Å². The maximum Gasteiger partial charge on any atom is 0.251 e. The number of amides is 1. The van der Waals surface area contributed by atoms with E-state index in [2.05, 4.69) is 21.2 Å². The Morgan fingerprint density at radius 3 is 2.52 bits per heavy atom. The number of halogens is 1. The summed E-state index contributed by atoms with van der Waals surface area (Å²) in [7, 11) is 0. The summed E-state index contributed by atoms with van der Waals surface area (Å²) in [5.41, 5.74) is 2.90. The molecule has 3 nitrogen and oxygen atoms in total. The third kappa shape index (κ3) is 4.33. The van der Waals surface area contributed by atoms with Crippen LogP contribution in [0.2, 0.25) is 0 Å². The smallest absolute Gasteiger partial charge is 0.251 e. The normalized spacial score (nSPS) is 10.2. The van der Waals surface area contributed by atoms with Crippen LogP contribution in [-0.2, 0) is 6.54 Å². The molecule has 0 saturated carbocycles. The summed E-state index contributed by atoms with van der Waals surface area (Å²) in [6.07, 6.45) is 0. The van der Waals surface area contributed by atoms with Crippen molar-refractivity contribution < 1.29 is 9.53 Å². The van der Waals surface area contributed by atoms with Crippen LogP contribution in [0.15, 0.2) is 46.9 Å². The zero-order valence-corrected chi connectivity index (χ0v) is 13.7. The van der Waals surface area contributed by atoms with Gasteiger partial charge in [0.15, 0.2) is 0 Å². The third-order valence-corrected chi connectivity index (χ3v) is 3.69. The van der Waals surface area contributed by atoms with Crippen LogP contribution < -0.4 is 10.1 Å². The highest BCUT2D eigenvalue weighted by atomic mass is 79.9. The highest BCUT2D eigenvalue weighted by Crippen LogP contribution is 2.25. The van der Waals surface area contributed by atoms with Crippen molar-refractivity contribution >= 4 is 21.8 Å². The molecule has 21 heavy (non-hydrogen) atoms. The topological polar surface area (TPSA) is 38.3 Å². The summed E-state index contributed by atoms with van der Waals surface area (Å²) in [4.78, 5) is 12.1. The molecule has 0 aliphatic carbocycles. The van der Waals surface area contributed by atoms with Crippen LogP contribution in [0.4, 0.5) is 0 Å². The summed E-state index contributed by atoms with van der Waals surface area (Å²) in [6.45, 7) is 5.08. The fourth-order valence-corrected chi connectivity index (χ4v) is 2.40. The number of hydrogen-bond acceptors (Lipinski definition) is 2. The quantitative estimate of drug-likeness (QED) is 0.884. The number of aryl methyl sites for hydroxylation is 1. The summed E-state index contributed by atoms with van der Waals surface area (Å²) >= 11 is 3.42. The Kier molecular flexibility index (Phi) is 5.39. The summed E-state index contributed by atoms with van der Waals surface area (Å²) < 4.78 is 6.22. The van der Waals surface area contributed by atoms with Crippen molar-refractivity contribution in [1.82, 2.24) is 5.32 Å². The predicted molar refractivity (Wildman–Crippen MR) is 87.7 cm³/mol. The van der Waals surface area contributed by atoms with Gasteiger partial charge in [-0.15, -0.1) is 0 Å². The third-order valence-electron chi connectivity index (χ3n) is 3.07. The van der Waals surface area contributed by atoms with Gasteiger partial charge in [0.25, 0.3) is 5.91 Å². The fraction of sp³-hybridized carbons (Fsp3) is 0.235. The molecule has 0 heterocycles. The molecule has 0 unspecified atom stereocenters. The average molecular weight is 348 g/mol. The Morgan fingerprint density at radius 1 is 1.19 bits per heavy atom. The first-order valence-electron chi connectivity index (χ1n) is 6.86. The number of rotatable bonds is 5. The molecule has 2 aromatic rings. The second-order valence-electron chi connectivity index (χ2n) is 4.75. The van der Waals surface area contributed by atoms with Crippen LogP contribution in [-0.4, -0.2) is 12.5 Å². The Labute approximate surface area is 133 Å². The predicted octanol–water partition coefficient (Wildman–Crippen LogP) is 4.09. The molecule has 1 N–H and O–H groups in total. The largest absolute Gasteiger partial charge is 0.493 e. The van der Waals surface area contributed by atoms with E-state index < -0.39 is 0 Å². The Bertz CT molecular complexity index is 623. The van der Waals surface area contributed by atoms with Crippen LogP contribution in [0.5, 0.6) is 5.75 Å². The molecule has 0 aliphatic rings. The molecule has 1 amide bonds.